The van der Waals surface area contributed by atoms with Crippen LogP contribution in [-0.2, 0) is 9.59 Å². The Bertz CT molecular complexity index is 1010. The van der Waals surface area contributed by atoms with Crippen molar-refractivity contribution in [2.45, 2.75) is 6.10 Å². The normalized spacial score (nSPS) is 16.2. The van der Waals surface area contributed by atoms with E-state index in [9.17, 15) is 29.0 Å². The van der Waals surface area contributed by atoms with Crippen LogP contribution in [0.4, 0.5) is 9.18 Å². The molecular formula is C21H19FN2O5S. The Kier molecular flexibility index (Phi) is 6.53. The van der Waals surface area contributed by atoms with Crippen LogP contribution in [0.3, 0.4) is 0 Å². The molecule has 1 atom stereocenters. The van der Waals surface area contributed by atoms with Crippen LogP contribution in [0.1, 0.15) is 17.2 Å². The summed E-state index contributed by atoms with van der Waals surface area (Å²) >= 11 is 0.681. The summed E-state index contributed by atoms with van der Waals surface area (Å²) in [7, 11) is 1.45. The molecule has 0 saturated carbocycles. The van der Waals surface area contributed by atoms with Crippen molar-refractivity contribution in [1.82, 2.24) is 9.80 Å². The van der Waals surface area contributed by atoms with E-state index in [2.05, 4.69) is 0 Å². The van der Waals surface area contributed by atoms with Gasteiger partial charge in [0.1, 0.15) is 18.1 Å². The zero-order valence-electron chi connectivity index (χ0n) is 16.0. The van der Waals surface area contributed by atoms with Crippen LogP contribution >= 0.6 is 11.8 Å². The molecule has 1 aliphatic heterocycles. The summed E-state index contributed by atoms with van der Waals surface area (Å²) in [5, 5.41) is 19.0. The van der Waals surface area contributed by atoms with Crippen molar-refractivity contribution in [3.05, 3.63) is 70.4 Å². The maximum Gasteiger partial charge on any atom is 0.294 e. The highest BCUT2D eigenvalue weighted by atomic mass is 32.2. The molecule has 2 N–H and O–H groups in total. The molecular weight excluding hydrogens is 411 g/mol. The van der Waals surface area contributed by atoms with Gasteiger partial charge in [-0.3, -0.25) is 19.3 Å². The number of phenolic OH excluding ortho intramolecular Hbond substituents is 1. The molecule has 2 aromatic rings. The first-order valence-electron chi connectivity index (χ1n) is 8.96. The average Bonchev–Trinajstić information content (AvgIpc) is 2.95. The molecule has 1 saturated heterocycles. The smallest absolute Gasteiger partial charge is 0.294 e. The molecule has 1 aliphatic rings. The molecule has 9 heteroatoms. The zero-order valence-corrected chi connectivity index (χ0v) is 16.8. The first-order valence-corrected chi connectivity index (χ1v) is 9.78. The van der Waals surface area contributed by atoms with Gasteiger partial charge in [0.25, 0.3) is 11.1 Å². The number of benzene rings is 2. The molecule has 0 aliphatic carbocycles. The van der Waals surface area contributed by atoms with E-state index >= 15 is 0 Å². The van der Waals surface area contributed by atoms with E-state index < -0.39 is 35.5 Å². The Hall–Kier alpha value is -3.17. The Morgan fingerprint density at radius 1 is 1.23 bits per heavy atom. The third kappa shape index (κ3) is 5.05. The van der Waals surface area contributed by atoms with Crippen molar-refractivity contribution in [1.29, 1.82) is 0 Å². The van der Waals surface area contributed by atoms with Gasteiger partial charge in [0, 0.05) is 7.05 Å². The SMILES string of the molecule is CN(CC(O)c1ccc(O)cc1)C(=O)CN1C(=O)SC(=Cc2cccc(F)c2)C1=O. The van der Waals surface area contributed by atoms with E-state index in [1.54, 1.807) is 6.07 Å². The topological polar surface area (TPSA) is 98.2 Å². The maximum atomic E-state index is 13.3. The van der Waals surface area contributed by atoms with Gasteiger partial charge in [0.15, 0.2) is 0 Å². The van der Waals surface area contributed by atoms with Gasteiger partial charge in [-0.25, -0.2) is 4.39 Å². The molecule has 30 heavy (non-hydrogen) atoms. The summed E-state index contributed by atoms with van der Waals surface area (Å²) in [5.41, 5.74) is 0.942. The quantitative estimate of drug-likeness (QED) is 0.684. The molecule has 3 amide bonds. The van der Waals surface area contributed by atoms with Crippen molar-refractivity contribution in [3.63, 3.8) is 0 Å². The second-order valence-electron chi connectivity index (χ2n) is 6.70. The number of amides is 3. The van der Waals surface area contributed by atoms with Gasteiger partial charge in [0.05, 0.1) is 17.6 Å². The summed E-state index contributed by atoms with van der Waals surface area (Å²) in [6.45, 7) is -0.525. The van der Waals surface area contributed by atoms with Crippen molar-refractivity contribution in [2.24, 2.45) is 0 Å². The average molecular weight is 430 g/mol. The minimum atomic E-state index is -0.998. The van der Waals surface area contributed by atoms with Crippen LogP contribution in [0, 0.1) is 5.82 Å². The predicted molar refractivity (Wildman–Crippen MR) is 110 cm³/mol. The highest BCUT2D eigenvalue weighted by molar-refractivity contribution is 8.18. The number of aromatic hydroxyl groups is 1. The van der Waals surface area contributed by atoms with E-state index in [-0.39, 0.29) is 17.2 Å². The molecule has 1 heterocycles. The fourth-order valence-corrected chi connectivity index (χ4v) is 3.64. The van der Waals surface area contributed by atoms with Crippen LogP contribution in [0.2, 0.25) is 0 Å². The number of hydrogen-bond donors (Lipinski definition) is 2. The third-order valence-corrected chi connectivity index (χ3v) is 5.37. The Labute approximate surface area is 176 Å². The molecule has 0 aromatic heterocycles. The Morgan fingerprint density at radius 3 is 2.60 bits per heavy atom. The lowest BCUT2D eigenvalue weighted by atomic mass is 10.1. The number of carbonyl (C=O) groups excluding carboxylic acids is 3. The van der Waals surface area contributed by atoms with Crippen molar-refractivity contribution in [3.8, 4) is 5.75 Å². The highest BCUT2D eigenvalue weighted by Crippen LogP contribution is 2.32. The number of carbonyl (C=O) groups is 3. The number of halogens is 1. The number of nitrogens with zero attached hydrogens (tertiary/aromatic N) is 2. The number of likely N-dealkylation sites (N-methyl/N-ethyl adjacent to an activating group) is 1. The van der Waals surface area contributed by atoms with Crippen molar-refractivity contribution >= 4 is 34.9 Å². The second kappa shape index (κ2) is 9.10. The number of thioether (sulfide) groups is 1. The van der Waals surface area contributed by atoms with Crippen LogP contribution in [0.25, 0.3) is 6.08 Å². The molecule has 0 bridgehead atoms. The van der Waals surface area contributed by atoms with E-state index in [0.717, 1.165) is 4.90 Å². The van der Waals surface area contributed by atoms with Gasteiger partial charge in [-0.2, -0.15) is 0 Å². The van der Waals surface area contributed by atoms with Gasteiger partial charge < -0.3 is 15.1 Å². The molecule has 0 radical (unpaired) electrons. The van der Waals surface area contributed by atoms with Crippen LogP contribution < -0.4 is 0 Å². The summed E-state index contributed by atoms with van der Waals surface area (Å²) in [4.78, 5) is 39.3. The molecule has 3 rings (SSSR count). The lowest BCUT2D eigenvalue weighted by Gasteiger charge is -2.23. The summed E-state index contributed by atoms with van der Waals surface area (Å²) in [6.07, 6.45) is 0.402. The molecule has 1 unspecified atom stereocenters. The predicted octanol–water partition coefficient (Wildman–Crippen LogP) is 2.76. The molecule has 2 aromatic carbocycles. The number of rotatable bonds is 6. The minimum absolute atomic E-state index is 0.0565. The third-order valence-electron chi connectivity index (χ3n) is 4.46. The monoisotopic (exact) mass is 430 g/mol. The van der Waals surface area contributed by atoms with Gasteiger partial charge in [0.2, 0.25) is 5.91 Å². The van der Waals surface area contributed by atoms with Gasteiger partial charge in [-0.15, -0.1) is 0 Å². The van der Waals surface area contributed by atoms with Crippen molar-refractivity contribution < 1.29 is 29.0 Å². The Balaban J connectivity index is 1.63. The van der Waals surface area contributed by atoms with Crippen molar-refractivity contribution in [2.75, 3.05) is 20.1 Å². The summed E-state index contributed by atoms with van der Waals surface area (Å²) < 4.78 is 13.3. The van der Waals surface area contributed by atoms with E-state index in [1.165, 1.54) is 60.5 Å². The van der Waals surface area contributed by atoms with Crippen LogP contribution in [0.5, 0.6) is 5.75 Å². The van der Waals surface area contributed by atoms with Crippen LogP contribution in [-0.4, -0.2) is 57.2 Å². The number of aliphatic hydroxyl groups is 1. The van der Waals surface area contributed by atoms with E-state index in [4.69, 9.17) is 0 Å². The number of aliphatic hydroxyl groups excluding tert-OH is 1. The molecule has 156 valence electrons. The number of phenols is 1. The summed E-state index contributed by atoms with van der Waals surface area (Å²) in [5.74, 6) is -1.56. The molecule has 1 fully saturated rings. The number of imide groups is 1. The maximum absolute atomic E-state index is 13.3. The second-order valence-corrected chi connectivity index (χ2v) is 7.70. The lowest BCUT2D eigenvalue weighted by molar-refractivity contribution is -0.135. The standard InChI is InChI=1S/C21H19FN2O5S/c1-23(11-17(26)14-5-7-16(25)8-6-14)19(27)12-24-20(28)18(30-21(24)29)10-13-3-2-4-15(22)9-13/h2-10,17,25-26H,11-12H2,1H3. The number of hydrogen-bond acceptors (Lipinski definition) is 6. The van der Waals surface area contributed by atoms with Gasteiger partial charge in [-0.05, 0) is 53.2 Å². The molecule has 0 spiro atoms. The molecule has 7 nitrogen and oxygen atoms in total. The summed E-state index contributed by atoms with van der Waals surface area (Å²) in [6, 6.07) is 11.5. The minimum Gasteiger partial charge on any atom is -0.508 e. The lowest BCUT2D eigenvalue weighted by Crippen LogP contribution is -2.41. The van der Waals surface area contributed by atoms with Gasteiger partial charge in [-0.1, -0.05) is 24.3 Å². The van der Waals surface area contributed by atoms with Gasteiger partial charge >= 0.3 is 0 Å². The first-order chi connectivity index (χ1) is 14.2. The fourth-order valence-electron chi connectivity index (χ4n) is 2.80. The van der Waals surface area contributed by atoms with E-state index in [1.807, 2.05) is 0 Å². The Morgan fingerprint density at radius 2 is 1.93 bits per heavy atom. The fraction of sp³-hybridized carbons (Fsp3) is 0.190. The largest absolute Gasteiger partial charge is 0.508 e. The highest BCUT2D eigenvalue weighted by Gasteiger charge is 2.37. The van der Waals surface area contributed by atoms with Crippen LogP contribution in [0.15, 0.2) is 53.4 Å². The van der Waals surface area contributed by atoms with E-state index in [0.29, 0.717) is 22.9 Å². The zero-order chi connectivity index (χ0) is 21.8. The first kappa shape index (κ1) is 21.5.